The number of likely N-dealkylation sites (N-methyl/N-ethyl adjacent to an activating group) is 1. The first-order chi connectivity index (χ1) is 12.8. The van der Waals surface area contributed by atoms with Crippen LogP contribution in [0, 0.1) is 0 Å². The summed E-state index contributed by atoms with van der Waals surface area (Å²) in [5.74, 6) is 0.813. The lowest BCUT2D eigenvalue weighted by molar-refractivity contribution is 0.175. The van der Waals surface area contributed by atoms with Gasteiger partial charge < -0.3 is 15.2 Å². The van der Waals surface area contributed by atoms with E-state index >= 15 is 0 Å². The zero-order valence-electron chi connectivity index (χ0n) is 15.2. The summed E-state index contributed by atoms with van der Waals surface area (Å²) >= 11 is 0. The summed E-state index contributed by atoms with van der Waals surface area (Å²) in [4.78, 5) is 0. The first kappa shape index (κ1) is 19.7. The van der Waals surface area contributed by atoms with Gasteiger partial charge in [-0.2, -0.15) is 0 Å². The Balaban J connectivity index is 0.000000342. The van der Waals surface area contributed by atoms with Gasteiger partial charge in [-0.25, -0.2) is 0 Å². The monoisotopic (exact) mass is 349 g/mol. The normalized spacial score (nSPS) is 11.2. The number of aliphatic hydroxyl groups excluding tert-OH is 1. The fraction of sp³-hybridized carbons (Fsp3) is 0.217. The third-order valence-electron chi connectivity index (χ3n) is 3.77. The number of ether oxygens (including phenoxy) is 1. The Labute approximate surface area is 156 Å². The van der Waals surface area contributed by atoms with Gasteiger partial charge in [0.15, 0.2) is 0 Å². The average Bonchev–Trinajstić information content (AvgIpc) is 2.73. The molecule has 0 saturated carbocycles. The predicted octanol–water partition coefficient (Wildman–Crippen LogP) is 4.60. The van der Waals surface area contributed by atoms with E-state index in [1.54, 1.807) is 0 Å². The van der Waals surface area contributed by atoms with E-state index in [2.05, 4.69) is 5.32 Å². The molecule has 1 atom stereocenters. The Hall–Kier alpha value is -2.62. The van der Waals surface area contributed by atoms with E-state index in [-0.39, 0.29) is 0 Å². The second kappa shape index (κ2) is 11.9. The van der Waals surface area contributed by atoms with Crippen LogP contribution >= 0.6 is 0 Å². The molecule has 136 valence electrons. The van der Waals surface area contributed by atoms with Gasteiger partial charge in [0.1, 0.15) is 12.4 Å². The molecule has 3 nitrogen and oxygen atoms in total. The summed E-state index contributed by atoms with van der Waals surface area (Å²) in [6, 6.07) is 29.7. The molecular formula is C23H27NO2. The predicted molar refractivity (Wildman–Crippen MR) is 107 cm³/mol. The Kier molecular flexibility index (Phi) is 8.98. The van der Waals surface area contributed by atoms with Crippen molar-refractivity contribution in [1.29, 1.82) is 0 Å². The van der Waals surface area contributed by atoms with Crippen LogP contribution in [0.25, 0.3) is 0 Å². The first-order valence-corrected chi connectivity index (χ1v) is 8.95. The number of hydrogen-bond acceptors (Lipinski definition) is 3. The highest BCUT2D eigenvalue weighted by Gasteiger charge is 2.06. The fourth-order valence-electron chi connectivity index (χ4n) is 2.31. The summed E-state index contributed by atoms with van der Waals surface area (Å²) in [6.45, 7) is 4.00. The maximum Gasteiger partial charge on any atom is 0.119 e. The quantitative estimate of drug-likeness (QED) is 0.655. The maximum atomic E-state index is 9.95. The molecule has 0 aliphatic rings. The summed E-state index contributed by atoms with van der Waals surface area (Å²) in [5, 5.41) is 13.1. The number of hydrogen-bond donors (Lipinski definition) is 2. The summed E-state index contributed by atoms with van der Waals surface area (Å²) < 4.78 is 5.71. The highest BCUT2D eigenvalue weighted by atomic mass is 16.5. The minimum Gasteiger partial charge on any atom is -0.489 e. The summed E-state index contributed by atoms with van der Waals surface area (Å²) in [6.07, 6.45) is -0.474. The lowest BCUT2D eigenvalue weighted by Crippen LogP contribution is -2.20. The number of nitrogens with one attached hydrogen (secondary N) is 1. The molecule has 0 aliphatic heterocycles. The number of benzene rings is 3. The summed E-state index contributed by atoms with van der Waals surface area (Å²) in [7, 11) is 0. The molecule has 3 heteroatoms. The third kappa shape index (κ3) is 7.51. The van der Waals surface area contributed by atoms with E-state index in [9.17, 15) is 5.11 Å². The van der Waals surface area contributed by atoms with Crippen molar-refractivity contribution in [1.82, 2.24) is 5.32 Å². The molecular weight excluding hydrogens is 322 g/mol. The molecule has 0 aliphatic carbocycles. The molecule has 2 N–H and O–H groups in total. The Morgan fingerprint density at radius 1 is 0.808 bits per heavy atom. The highest BCUT2D eigenvalue weighted by Crippen LogP contribution is 2.18. The molecule has 0 heterocycles. The zero-order valence-corrected chi connectivity index (χ0v) is 15.2. The Morgan fingerprint density at radius 3 is 1.88 bits per heavy atom. The minimum atomic E-state index is -0.474. The lowest BCUT2D eigenvalue weighted by Gasteiger charge is -2.12. The lowest BCUT2D eigenvalue weighted by atomic mass is 10.1. The van der Waals surface area contributed by atoms with Gasteiger partial charge in [0.05, 0.1) is 6.10 Å². The molecule has 0 saturated heterocycles. The number of aliphatic hydroxyl groups is 1. The van der Waals surface area contributed by atoms with Crippen LogP contribution < -0.4 is 10.1 Å². The van der Waals surface area contributed by atoms with Crippen molar-refractivity contribution >= 4 is 0 Å². The largest absolute Gasteiger partial charge is 0.489 e. The van der Waals surface area contributed by atoms with E-state index in [0.29, 0.717) is 13.2 Å². The SMILES string of the molecule is CCNC[C@H](O)c1ccc(OCc2ccccc2)cc1.c1ccccc1. The van der Waals surface area contributed by atoms with Gasteiger partial charge in [0.25, 0.3) is 0 Å². The zero-order chi connectivity index (χ0) is 18.5. The second-order valence-electron chi connectivity index (χ2n) is 5.82. The van der Waals surface area contributed by atoms with E-state index in [1.807, 2.05) is 97.9 Å². The van der Waals surface area contributed by atoms with Crippen LogP contribution in [0.5, 0.6) is 5.75 Å². The van der Waals surface area contributed by atoms with Gasteiger partial charge in [-0.15, -0.1) is 0 Å². The molecule has 3 aromatic carbocycles. The molecule has 0 amide bonds. The van der Waals surface area contributed by atoms with Crippen molar-refractivity contribution in [2.45, 2.75) is 19.6 Å². The van der Waals surface area contributed by atoms with Crippen LogP contribution in [0.15, 0.2) is 91.0 Å². The fourth-order valence-corrected chi connectivity index (χ4v) is 2.31. The molecule has 3 rings (SSSR count). The number of rotatable bonds is 7. The van der Waals surface area contributed by atoms with Gasteiger partial charge in [0, 0.05) is 6.54 Å². The van der Waals surface area contributed by atoms with Gasteiger partial charge in [-0.1, -0.05) is 85.8 Å². The molecule has 0 radical (unpaired) electrons. The van der Waals surface area contributed by atoms with Crippen molar-refractivity contribution in [3.8, 4) is 5.75 Å². The van der Waals surface area contributed by atoms with Gasteiger partial charge in [-0.3, -0.25) is 0 Å². The van der Waals surface area contributed by atoms with Crippen molar-refractivity contribution in [2.24, 2.45) is 0 Å². The van der Waals surface area contributed by atoms with E-state index in [0.717, 1.165) is 23.4 Å². The first-order valence-electron chi connectivity index (χ1n) is 8.95. The molecule has 26 heavy (non-hydrogen) atoms. The van der Waals surface area contributed by atoms with E-state index < -0.39 is 6.10 Å². The van der Waals surface area contributed by atoms with Crippen molar-refractivity contribution < 1.29 is 9.84 Å². The topological polar surface area (TPSA) is 41.5 Å². The minimum absolute atomic E-state index is 0.474. The highest BCUT2D eigenvalue weighted by molar-refractivity contribution is 5.29. The van der Waals surface area contributed by atoms with E-state index in [4.69, 9.17) is 4.74 Å². The van der Waals surface area contributed by atoms with Crippen LogP contribution in [0.2, 0.25) is 0 Å². The van der Waals surface area contributed by atoms with Gasteiger partial charge in [0.2, 0.25) is 0 Å². The van der Waals surface area contributed by atoms with Crippen LogP contribution in [-0.2, 0) is 6.61 Å². The third-order valence-corrected chi connectivity index (χ3v) is 3.77. The molecule has 0 unspecified atom stereocenters. The van der Waals surface area contributed by atoms with Crippen LogP contribution in [0.1, 0.15) is 24.2 Å². The molecule has 3 aromatic rings. The van der Waals surface area contributed by atoms with Crippen LogP contribution in [0.3, 0.4) is 0 Å². The van der Waals surface area contributed by atoms with Crippen molar-refractivity contribution in [2.75, 3.05) is 13.1 Å². The van der Waals surface area contributed by atoms with Gasteiger partial charge in [-0.05, 0) is 29.8 Å². The smallest absolute Gasteiger partial charge is 0.119 e. The maximum absolute atomic E-state index is 9.95. The van der Waals surface area contributed by atoms with E-state index in [1.165, 1.54) is 0 Å². The van der Waals surface area contributed by atoms with Crippen molar-refractivity contribution in [3.63, 3.8) is 0 Å². The Bertz CT molecular complexity index is 673. The molecule has 0 fully saturated rings. The standard InChI is InChI=1S/C17H21NO2.C6H6/c1-2-18-12-17(19)15-8-10-16(11-9-15)20-13-14-6-4-3-5-7-14;1-2-4-6-5-3-1/h3-11,17-19H,2,12-13H2,1H3;1-6H/t17-;/m0./s1. The molecule has 0 spiro atoms. The van der Waals surface area contributed by atoms with Crippen LogP contribution in [0.4, 0.5) is 0 Å². The van der Waals surface area contributed by atoms with Crippen molar-refractivity contribution in [3.05, 3.63) is 102 Å². The summed E-state index contributed by atoms with van der Waals surface area (Å²) in [5.41, 5.74) is 2.04. The molecule has 0 aromatic heterocycles. The van der Waals surface area contributed by atoms with Gasteiger partial charge >= 0.3 is 0 Å². The average molecular weight is 349 g/mol. The Morgan fingerprint density at radius 2 is 1.35 bits per heavy atom. The molecule has 0 bridgehead atoms. The van der Waals surface area contributed by atoms with Crippen LogP contribution in [-0.4, -0.2) is 18.2 Å². The second-order valence-corrected chi connectivity index (χ2v) is 5.82.